The number of hydrogen-bond donors (Lipinski definition) is 0. The second-order valence-corrected chi connectivity index (χ2v) is 3.61. The second kappa shape index (κ2) is 2.51. The first kappa shape index (κ1) is 8.02. The molecule has 0 N–H and O–H groups in total. The van der Waals surface area contributed by atoms with E-state index in [1.165, 1.54) is 0 Å². The van der Waals surface area contributed by atoms with Crippen LogP contribution < -0.4 is 0 Å². The summed E-state index contributed by atoms with van der Waals surface area (Å²) in [6.07, 6.45) is 0.287. The van der Waals surface area contributed by atoms with Crippen molar-refractivity contribution in [3.8, 4) is 0 Å². The highest BCUT2D eigenvalue weighted by Gasteiger charge is 2.33. The van der Waals surface area contributed by atoms with Crippen LogP contribution in [0.1, 0.15) is 27.7 Å². The molecule has 10 heavy (non-hydrogen) atoms. The third-order valence-corrected chi connectivity index (χ3v) is 1.77. The summed E-state index contributed by atoms with van der Waals surface area (Å²) in [5.74, 6) is 0.205. The summed E-state index contributed by atoms with van der Waals surface area (Å²) in [6, 6.07) is 0. The summed E-state index contributed by atoms with van der Waals surface area (Å²) in [7, 11) is 0. The zero-order valence-corrected chi connectivity index (χ0v) is 7.18. The number of hydrogen-bond acceptors (Lipinski definition) is 2. The Bertz CT molecular complexity index is 118. The summed E-state index contributed by atoms with van der Waals surface area (Å²) in [6.45, 7) is 8.94. The zero-order chi connectivity index (χ0) is 7.78. The molecule has 1 heterocycles. The quantitative estimate of drug-likeness (QED) is 0.558. The fourth-order valence-electron chi connectivity index (χ4n) is 1.04. The highest BCUT2D eigenvalue weighted by molar-refractivity contribution is 4.72. The second-order valence-electron chi connectivity index (χ2n) is 3.61. The van der Waals surface area contributed by atoms with Crippen molar-refractivity contribution >= 4 is 0 Å². The molecule has 60 valence electrons. The lowest BCUT2D eigenvalue weighted by molar-refractivity contribution is -0.142. The van der Waals surface area contributed by atoms with E-state index in [4.69, 9.17) is 9.47 Å². The van der Waals surface area contributed by atoms with Crippen molar-refractivity contribution in [2.24, 2.45) is 5.92 Å². The fraction of sp³-hybridized carbons (Fsp3) is 1.00. The molecule has 0 aromatic rings. The molecule has 0 aliphatic carbocycles. The Morgan fingerprint density at radius 1 is 1.40 bits per heavy atom. The first-order valence-corrected chi connectivity index (χ1v) is 3.83. The zero-order valence-electron chi connectivity index (χ0n) is 7.18. The molecular weight excluding hydrogens is 128 g/mol. The van der Waals surface area contributed by atoms with E-state index in [0.717, 1.165) is 6.61 Å². The monoisotopic (exact) mass is 144 g/mol. The van der Waals surface area contributed by atoms with Crippen LogP contribution in [0.2, 0.25) is 0 Å². The molecule has 0 amide bonds. The molecule has 1 aliphatic rings. The van der Waals surface area contributed by atoms with Gasteiger partial charge in [0.1, 0.15) is 0 Å². The Balaban J connectivity index is 2.43. The van der Waals surface area contributed by atoms with Gasteiger partial charge in [-0.2, -0.15) is 0 Å². The molecule has 1 saturated heterocycles. The van der Waals surface area contributed by atoms with Gasteiger partial charge in [0, 0.05) is 0 Å². The molecule has 0 aromatic carbocycles. The molecule has 2 heteroatoms. The van der Waals surface area contributed by atoms with Crippen molar-refractivity contribution in [1.82, 2.24) is 0 Å². The first-order valence-electron chi connectivity index (χ1n) is 3.83. The Morgan fingerprint density at radius 3 is 2.20 bits per heavy atom. The Labute approximate surface area is 62.5 Å². The largest absolute Gasteiger partial charge is 0.348 e. The van der Waals surface area contributed by atoms with Gasteiger partial charge in [0.2, 0.25) is 0 Å². The van der Waals surface area contributed by atoms with Crippen molar-refractivity contribution in [2.75, 3.05) is 6.61 Å². The third kappa shape index (κ3) is 1.70. The van der Waals surface area contributed by atoms with E-state index in [0.29, 0.717) is 5.92 Å². The predicted octanol–water partition coefficient (Wildman–Crippen LogP) is 1.79. The lowest BCUT2D eigenvalue weighted by Gasteiger charge is -2.18. The number of rotatable bonds is 1. The van der Waals surface area contributed by atoms with E-state index in [1.807, 2.05) is 13.8 Å². The average Bonchev–Trinajstić information content (AvgIpc) is 2.10. The maximum atomic E-state index is 5.59. The van der Waals surface area contributed by atoms with Gasteiger partial charge in [-0.3, -0.25) is 0 Å². The summed E-state index contributed by atoms with van der Waals surface area (Å²) < 4.78 is 11.0. The van der Waals surface area contributed by atoms with E-state index in [1.54, 1.807) is 0 Å². The van der Waals surface area contributed by atoms with Crippen LogP contribution in [0.5, 0.6) is 0 Å². The van der Waals surface area contributed by atoms with Crippen LogP contribution in [0.4, 0.5) is 0 Å². The van der Waals surface area contributed by atoms with Gasteiger partial charge in [-0.15, -0.1) is 0 Å². The standard InChI is InChI=1S/C8H16O2/c1-6(2)7-5-9-8(3,4)10-7/h6-7H,5H2,1-4H3/t7-/m1/s1. The molecule has 0 radical (unpaired) electrons. The van der Waals surface area contributed by atoms with Crippen molar-refractivity contribution in [3.05, 3.63) is 0 Å². The Kier molecular flexibility index (Phi) is 2.02. The normalized spacial score (nSPS) is 31.5. The van der Waals surface area contributed by atoms with Crippen LogP contribution in [0.3, 0.4) is 0 Å². The third-order valence-electron chi connectivity index (χ3n) is 1.77. The van der Waals surface area contributed by atoms with Crippen molar-refractivity contribution in [3.63, 3.8) is 0 Å². The molecule has 0 aromatic heterocycles. The molecule has 0 saturated carbocycles. The topological polar surface area (TPSA) is 18.5 Å². The van der Waals surface area contributed by atoms with Gasteiger partial charge in [0.25, 0.3) is 0 Å². The van der Waals surface area contributed by atoms with Gasteiger partial charge in [0.05, 0.1) is 12.7 Å². The molecule has 1 aliphatic heterocycles. The van der Waals surface area contributed by atoms with Crippen LogP contribution >= 0.6 is 0 Å². The highest BCUT2D eigenvalue weighted by atomic mass is 16.7. The van der Waals surface area contributed by atoms with E-state index in [2.05, 4.69) is 13.8 Å². The van der Waals surface area contributed by atoms with Crippen LogP contribution in [-0.2, 0) is 9.47 Å². The molecule has 2 nitrogen and oxygen atoms in total. The summed E-state index contributed by atoms with van der Waals surface area (Å²) in [4.78, 5) is 0. The molecule has 1 fully saturated rings. The minimum absolute atomic E-state index is 0.287. The number of ether oxygens (including phenoxy) is 2. The van der Waals surface area contributed by atoms with Gasteiger partial charge < -0.3 is 9.47 Å². The van der Waals surface area contributed by atoms with Crippen LogP contribution in [-0.4, -0.2) is 18.5 Å². The molecular formula is C8H16O2. The SMILES string of the molecule is CC(C)[C@H]1COC(C)(C)O1. The van der Waals surface area contributed by atoms with Gasteiger partial charge in [0.15, 0.2) is 5.79 Å². The van der Waals surface area contributed by atoms with E-state index in [-0.39, 0.29) is 11.9 Å². The van der Waals surface area contributed by atoms with Crippen molar-refractivity contribution < 1.29 is 9.47 Å². The van der Waals surface area contributed by atoms with Gasteiger partial charge >= 0.3 is 0 Å². The Morgan fingerprint density at radius 2 is 2.00 bits per heavy atom. The fourth-order valence-corrected chi connectivity index (χ4v) is 1.04. The van der Waals surface area contributed by atoms with Gasteiger partial charge in [-0.1, -0.05) is 13.8 Å². The van der Waals surface area contributed by atoms with Gasteiger partial charge in [-0.25, -0.2) is 0 Å². The lowest BCUT2D eigenvalue weighted by Crippen LogP contribution is -2.23. The molecule has 1 atom stereocenters. The summed E-state index contributed by atoms with van der Waals surface area (Å²) in [5.41, 5.74) is 0. The van der Waals surface area contributed by atoms with Crippen molar-refractivity contribution in [1.29, 1.82) is 0 Å². The summed E-state index contributed by atoms with van der Waals surface area (Å²) >= 11 is 0. The molecule has 1 rings (SSSR count). The average molecular weight is 144 g/mol. The maximum Gasteiger partial charge on any atom is 0.163 e. The first-order chi connectivity index (χ1) is 4.51. The predicted molar refractivity (Wildman–Crippen MR) is 39.7 cm³/mol. The molecule has 0 bridgehead atoms. The smallest absolute Gasteiger partial charge is 0.163 e. The van der Waals surface area contributed by atoms with Gasteiger partial charge in [-0.05, 0) is 19.8 Å². The van der Waals surface area contributed by atoms with E-state index in [9.17, 15) is 0 Å². The minimum Gasteiger partial charge on any atom is -0.348 e. The maximum absolute atomic E-state index is 5.59. The van der Waals surface area contributed by atoms with Crippen LogP contribution in [0.25, 0.3) is 0 Å². The van der Waals surface area contributed by atoms with Crippen LogP contribution in [0.15, 0.2) is 0 Å². The highest BCUT2D eigenvalue weighted by Crippen LogP contribution is 2.25. The summed E-state index contributed by atoms with van der Waals surface area (Å²) in [5, 5.41) is 0. The van der Waals surface area contributed by atoms with Crippen molar-refractivity contribution in [2.45, 2.75) is 39.6 Å². The van der Waals surface area contributed by atoms with E-state index >= 15 is 0 Å². The van der Waals surface area contributed by atoms with Crippen LogP contribution in [0, 0.1) is 5.92 Å². The molecule has 0 spiro atoms. The van der Waals surface area contributed by atoms with E-state index < -0.39 is 0 Å². The minimum atomic E-state index is -0.352. The Hall–Kier alpha value is -0.0800. The lowest BCUT2D eigenvalue weighted by atomic mass is 10.1. The molecule has 0 unspecified atom stereocenters.